The van der Waals surface area contributed by atoms with Gasteiger partial charge in [0.1, 0.15) is 0 Å². The third kappa shape index (κ3) is 2.99. The van der Waals surface area contributed by atoms with Gasteiger partial charge in [-0.3, -0.25) is 0 Å². The third-order valence-electron chi connectivity index (χ3n) is 2.69. The van der Waals surface area contributed by atoms with Gasteiger partial charge in [0.2, 0.25) is 0 Å². The Morgan fingerprint density at radius 2 is 2.15 bits per heavy atom. The third-order valence-corrected chi connectivity index (χ3v) is 2.69. The summed E-state index contributed by atoms with van der Waals surface area (Å²) in [5.41, 5.74) is -0.0221. The number of rotatable bonds is 2. The van der Waals surface area contributed by atoms with Gasteiger partial charge in [-0.2, -0.15) is 0 Å². The Morgan fingerprint density at radius 1 is 1.54 bits per heavy atom. The predicted octanol–water partition coefficient (Wildman–Crippen LogP) is 2.88. The molecule has 0 aliphatic carbocycles. The van der Waals surface area contributed by atoms with Crippen LogP contribution in [-0.2, 0) is 9.31 Å². The lowest BCUT2D eigenvalue weighted by Crippen LogP contribution is -2.47. The summed E-state index contributed by atoms with van der Waals surface area (Å²) >= 11 is 0. The Morgan fingerprint density at radius 3 is 2.62 bits per heavy atom. The van der Waals surface area contributed by atoms with E-state index in [1.165, 1.54) is 0 Å². The van der Waals surface area contributed by atoms with Gasteiger partial charge in [-0.25, -0.2) is 0 Å². The van der Waals surface area contributed by atoms with Gasteiger partial charge in [0.15, 0.2) is 0 Å². The van der Waals surface area contributed by atoms with Crippen molar-refractivity contribution >= 4 is 7.12 Å². The fourth-order valence-corrected chi connectivity index (χ4v) is 1.80. The molecule has 0 bridgehead atoms. The highest BCUT2D eigenvalue weighted by atomic mass is 16.6. The molecule has 1 fully saturated rings. The van der Waals surface area contributed by atoms with Crippen molar-refractivity contribution in [2.24, 2.45) is 0 Å². The Bertz CT molecular complexity index is 170. The Balaban J connectivity index is 2.57. The zero-order valence-corrected chi connectivity index (χ0v) is 9.46. The van der Waals surface area contributed by atoms with E-state index in [1.54, 1.807) is 0 Å². The van der Waals surface area contributed by atoms with E-state index >= 15 is 0 Å². The van der Waals surface area contributed by atoms with Crippen LogP contribution in [0, 0.1) is 0 Å². The number of hydrogen-bond donors (Lipinski definition) is 0. The van der Waals surface area contributed by atoms with Crippen LogP contribution < -0.4 is 0 Å². The molecule has 2 nitrogen and oxygen atoms in total. The minimum absolute atomic E-state index is 0.0104. The molecule has 0 aromatic rings. The summed E-state index contributed by atoms with van der Waals surface area (Å²) in [4.78, 5) is 0. The molecule has 13 heavy (non-hydrogen) atoms. The maximum Gasteiger partial charge on any atom is 0.460 e. The molecule has 1 aliphatic heterocycles. The minimum Gasteiger partial charge on any atom is -0.408 e. The van der Waals surface area contributed by atoms with Crippen LogP contribution in [0.3, 0.4) is 0 Å². The molecule has 0 saturated carbocycles. The van der Waals surface area contributed by atoms with Crippen molar-refractivity contribution in [3.63, 3.8) is 0 Å². The monoisotopic (exact) mass is 184 g/mol. The van der Waals surface area contributed by atoms with E-state index in [4.69, 9.17) is 9.31 Å². The lowest BCUT2D eigenvalue weighted by atomic mass is 9.69. The molecule has 0 amide bonds. The summed E-state index contributed by atoms with van der Waals surface area (Å²) in [5, 5.41) is 0. The van der Waals surface area contributed by atoms with Crippen molar-refractivity contribution in [3.05, 3.63) is 0 Å². The first kappa shape index (κ1) is 11.1. The smallest absolute Gasteiger partial charge is 0.408 e. The van der Waals surface area contributed by atoms with Crippen molar-refractivity contribution in [2.45, 2.75) is 65.0 Å². The standard InChI is InChI=1S/C10H21BO2/c1-6-8(2)11-12-9(3)7-10(4,5)13-11/h8-9H,6-7H2,1-5H3. The first-order valence-electron chi connectivity index (χ1n) is 5.28. The molecular formula is C10H21BO2. The second-order valence-electron chi connectivity index (χ2n) is 4.78. The SMILES string of the molecule is CCC(C)B1OC(C)CC(C)(C)O1. The predicted molar refractivity (Wildman–Crippen MR) is 55.8 cm³/mol. The molecule has 1 saturated heterocycles. The van der Waals surface area contributed by atoms with Gasteiger partial charge in [-0.15, -0.1) is 0 Å². The van der Waals surface area contributed by atoms with E-state index in [0.717, 1.165) is 12.8 Å². The van der Waals surface area contributed by atoms with Crippen LogP contribution in [0.25, 0.3) is 0 Å². The van der Waals surface area contributed by atoms with Crippen molar-refractivity contribution in [1.82, 2.24) is 0 Å². The van der Waals surface area contributed by atoms with Gasteiger partial charge >= 0.3 is 7.12 Å². The van der Waals surface area contributed by atoms with Gasteiger partial charge < -0.3 is 9.31 Å². The average Bonchev–Trinajstić information content (AvgIpc) is 1.99. The van der Waals surface area contributed by atoms with Crippen LogP contribution in [0.2, 0.25) is 5.82 Å². The summed E-state index contributed by atoms with van der Waals surface area (Å²) in [6, 6.07) is 0. The van der Waals surface area contributed by atoms with Crippen LogP contribution in [0.1, 0.15) is 47.5 Å². The molecule has 2 unspecified atom stereocenters. The molecule has 1 aliphatic rings. The van der Waals surface area contributed by atoms with Crippen molar-refractivity contribution in [1.29, 1.82) is 0 Å². The Labute approximate surface area is 82.1 Å². The fourth-order valence-electron chi connectivity index (χ4n) is 1.80. The lowest BCUT2D eigenvalue weighted by molar-refractivity contribution is -0.0321. The van der Waals surface area contributed by atoms with Gasteiger partial charge in [-0.05, 0) is 33.0 Å². The highest BCUT2D eigenvalue weighted by Crippen LogP contribution is 2.31. The molecule has 2 atom stereocenters. The minimum atomic E-state index is -0.0221. The van der Waals surface area contributed by atoms with Gasteiger partial charge in [0, 0.05) is 6.10 Å². The van der Waals surface area contributed by atoms with Crippen LogP contribution in [-0.4, -0.2) is 18.8 Å². The molecule has 0 aromatic heterocycles. The second kappa shape index (κ2) is 4.01. The molecule has 3 heteroatoms. The van der Waals surface area contributed by atoms with Gasteiger partial charge in [-0.1, -0.05) is 20.3 Å². The first-order valence-corrected chi connectivity index (χ1v) is 5.28. The summed E-state index contributed by atoms with van der Waals surface area (Å²) in [6.07, 6.45) is 2.41. The molecule has 0 spiro atoms. The highest BCUT2D eigenvalue weighted by Gasteiger charge is 2.39. The van der Waals surface area contributed by atoms with E-state index in [1.807, 2.05) is 0 Å². The fraction of sp³-hybridized carbons (Fsp3) is 1.00. The van der Waals surface area contributed by atoms with Crippen molar-refractivity contribution in [2.75, 3.05) is 0 Å². The van der Waals surface area contributed by atoms with E-state index in [9.17, 15) is 0 Å². The first-order chi connectivity index (χ1) is 5.94. The Kier molecular flexibility index (Phi) is 3.41. The topological polar surface area (TPSA) is 18.5 Å². The molecule has 1 rings (SSSR count). The molecule has 0 radical (unpaired) electrons. The summed E-state index contributed by atoms with van der Waals surface area (Å²) in [5.74, 6) is 0.488. The van der Waals surface area contributed by atoms with Crippen LogP contribution in [0.15, 0.2) is 0 Å². The summed E-state index contributed by atoms with van der Waals surface area (Å²) < 4.78 is 11.6. The van der Waals surface area contributed by atoms with E-state index in [0.29, 0.717) is 11.9 Å². The maximum atomic E-state index is 5.87. The molecule has 76 valence electrons. The zero-order chi connectivity index (χ0) is 10.1. The van der Waals surface area contributed by atoms with Gasteiger partial charge in [0.05, 0.1) is 5.60 Å². The molecule has 0 N–H and O–H groups in total. The van der Waals surface area contributed by atoms with Crippen molar-refractivity contribution < 1.29 is 9.31 Å². The van der Waals surface area contributed by atoms with Crippen LogP contribution in [0.5, 0.6) is 0 Å². The maximum absolute atomic E-state index is 5.87. The second-order valence-corrected chi connectivity index (χ2v) is 4.78. The van der Waals surface area contributed by atoms with E-state index < -0.39 is 0 Å². The van der Waals surface area contributed by atoms with E-state index in [2.05, 4.69) is 34.6 Å². The summed E-state index contributed by atoms with van der Waals surface area (Å²) in [7, 11) is -0.0104. The summed E-state index contributed by atoms with van der Waals surface area (Å²) in [6.45, 7) is 10.8. The van der Waals surface area contributed by atoms with Gasteiger partial charge in [0.25, 0.3) is 0 Å². The quantitative estimate of drug-likeness (QED) is 0.614. The molecule has 1 heterocycles. The van der Waals surface area contributed by atoms with Crippen LogP contribution in [0.4, 0.5) is 0 Å². The largest absolute Gasteiger partial charge is 0.460 e. The van der Waals surface area contributed by atoms with E-state index in [-0.39, 0.29) is 12.7 Å². The highest BCUT2D eigenvalue weighted by molar-refractivity contribution is 6.46. The zero-order valence-electron chi connectivity index (χ0n) is 9.46. The normalized spacial score (nSPS) is 30.2. The molecule has 0 aromatic carbocycles. The lowest BCUT2D eigenvalue weighted by Gasteiger charge is -2.40. The Hall–Kier alpha value is -0.0151. The number of hydrogen-bond acceptors (Lipinski definition) is 2. The van der Waals surface area contributed by atoms with Crippen LogP contribution >= 0.6 is 0 Å². The molecular weight excluding hydrogens is 163 g/mol. The average molecular weight is 184 g/mol. The van der Waals surface area contributed by atoms with Crippen molar-refractivity contribution in [3.8, 4) is 0 Å².